The molecule has 0 aliphatic rings. The Kier molecular flexibility index (Phi) is 3.30. The molecule has 0 bridgehead atoms. The van der Waals surface area contributed by atoms with Gasteiger partial charge >= 0.3 is 0 Å². The van der Waals surface area contributed by atoms with E-state index in [2.05, 4.69) is 48.1 Å². The van der Waals surface area contributed by atoms with Crippen LogP contribution in [0.25, 0.3) is 11.3 Å². The van der Waals surface area contributed by atoms with Crippen LogP contribution in [0, 0.1) is 0 Å². The highest BCUT2D eigenvalue weighted by atomic mass is 35.5. The van der Waals surface area contributed by atoms with Crippen molar-refractivity contribution in [3.63, 3.8) is 0 Å². The van der Waals surface area contributed by atoms with Gasteiger partial charge in [-0.2, -0.15) is 0 Å². The van der Waals surface area contributed by atoms with E-state index in [1.54, 1.807) is 0 Å². The molecule has 3 heteroatoms. The molecule has 16 heavy (non-hydrogen) atoms. The first-order valence-corrected chi connectivity index (χ1v) is 5.94. The lowest BCUT2D eigenvalue weighted by Crippen LogP contribution is -1.87. The minimum absolute atomic E-state index is 0.421. The van der Waals surface area contributed by atoms with E-state index in [1.807, 2.05) is 6.20 Å². The predicted molar refractivity (Wildman–Crippen MR) is 67.7 cm³/mol. The van der Waals surface area contributed by atoms with Crippen molar-refractivity contribution < 1.29 is 0 Å². The fraction of sp³-hybridized carbons (Fsp3) is 0.308. The number of hydrogen-bond donors (Lipinski definition) is 1. The van der Waals surface area contributed by atoms with Gasteiger partial charge in [-0.3, -0.25) is 0 Å². The SMILES string of the molecule is CC(C)c1ccc(-c2cnc(CCl)[nH]2)cc1. The molecule has 0 fully saturated rings. The summed E-state index contributed by atoms with van der Waals surface area (Å²) in [7, 11) is 0. The highest BCUT2D eigenvalue weighted by Crippen LogP contribution is 2.21. The molecule has 1 N–H and O–H groups in total. The maximum atomic E-state index is 5.70. The summed E-state index contributed by atoms with van der Waals surface area (Å²) in [6, 6.07) is 8.53. The molecule has 1 aromatic carbocycles. The first kappa shape index (κ1) is 11.2. The van der Waals surface area contributed by atoms with E-state index < -0.39 is 0 Å². The molecule has 2 aromatic rings. The minimum Gasteiger partial charge on any atom is -0.341 e. The zero-order chi connectivity index (χ0) is 11.5. The van der Waals surface area contributed by atoms with Crippen molar-refractivity contribution in [1.29, 1.82) is 0 Å². The van der Waals surface area contributed by atoms with Gasteiger partial charge in [-0.25, -0.2) is 4.98 Å². The lowest BCUT2D eigenvalue weighted by Gasteiger charge is -2.05. The number of hydrogen-bond acceptors (Lipinski definition) is 1. The normalized spacial score (nSPS) is 11.0. The molecule has 0 radical (unpaired) electrons. The number of alkyl halides is 1. The number of rotatable bonds is 3. The van der Waals surface area contributed by atoms with E-state index in [1.165, 1.54) is 5.56 Å². The topological polar surface area (TPSA) is 28.7 Å². The third-order valence-corrected chi connectivity index (χ3v) is 2.90. The summed E-state index contributed by atoms with van der Waals surface area (Å²) in [5, 5.41) is 0. The highest BCUT2D eigenvalue weighted by molar-refractivity contribution is 6.16. The number of aromatic amines is 1. The molecule has 84 valence electrons. The molecular formula is C13H15ClN2. The second-order valence-electron chi connectivity index (χ2n) is 4.15. The highest BCUT2D eigenvalue weighted by Gasteiger charge is 2.03. The molecule has 0 amide bonds. The maximum Gasteiger partial charge on any atom is 0.121 e. The van der Waals surface area contributed by atoms with Crippen molar-refractivity contribution in [2.24, 2.45) is 0 Å². The van der Waals surface area contributed by atoms with Crippen molar-refractivity contribution in [3.8, 4) is 11.3 Å². The quantitative estimate of drug-likeness (QED) is 0.801. The summed E-state index contributed by atoms with van der Waals surface area (Å²) in [6.45, 7) is 4.38. The fourth-order valence-corrected chi connectivity index (χ4v) is 1.76. The molecular weight excluding hydrogens is 220 g/mol. The van der Waals surface area contributed by atoms with Gasteiger partial charge in [0.05, 0.1) is 17.8 Å². The van der Waals surface area contributed by atoms with Gasteiger partial charge in [0.1, 0.15) is 5.82 Å². The standard InChI is InChI=1S/C13H15ClN2/c1-9(2)10-3-5-11(6-4-10)12-8-15-13(7-14)16-12/h3-6,8-9H,7H2,1-2H3,(H,15,16). The zero-order valence-electron chi connectivity index (χ0n) is 9.50. The Balaban J connectivity index is 2.27. The summed E-state index contributed by atoms with van der Waals surface area (Å²) < 4.78 is 0. The molecule has 2 rings (SSSR count). The Morgan fingerprint density at radius 3 is 2.44 bits per heavy atom. The Labute approximate surface area is 101 Å². The van der Waals surface area contributed by atoms with Gasteiger partial charge in [-0.15, -0.1) is 11.6 Å². The largest absolute Gasteiger partial charge is 0.341 e. The minimum atomic E-state index is 0.421. The summed E-state index contributed by atoms with van der Waals surface area (Å²) in [5.74, 6) is 1.79. The van der Waals surface area contributed by atoms with E-state index in [9.17, 15) is 0 Å². The monoisotopic (exact) mass is 234 g/mol. The van der Waals surface area contributed by atoms with Crippen LogP contribution in [-0.2, 0) is 5.88 Å². The molecule has 0 unspecified atom stereocenters. The third-order valence-electron chi connectivity index (χ3n) is 2.64. The summed E-state index contributed by atoms with van der Waals surface area (Å²) in [6.07, 6.45) is 1.82. The first-order chi connectivity index (χ1) is 7.70. The van der Waals surface area contributed by atoms with Crippen LogP contribution in [0.1, 0.15) is 31.2 Å². The molecule has 1 heterocycles. The van der Waals surface area contributed by atoms with Crippen LogP contribution in [0.5, 0.6) is 0 Å². The number of aromatic nitrogens is 2. The molecule has 2 nitrogen and oxygen atoms in total. The smallest absolute Gasteiger partial charge is 0.121 e. The van der Waals surface area contributed by atoms with Crippen LogP contribution in [0.2, 0.25) is 0 Å². The van der Waals surface area contributed by atoms with Gasteiger partial charge in [0, 0.05) is 0 Å². The van der Waals surface area contributed by atoms with Crippen LogP contribution < -0.4 is 0 Å². The van der Waals surface area contributed by atoms with E-state index in [0.717, 1.165) is 17.1 Å². The molecule has 0 atom stereocenters. The molecule has 0 saturated heterocycles. The second kappa shape index (κ2) is 4.71. The van der Waals surface area contributed by atoms with Crippen molar-refractivity contribution in [3.05, 3.63) is 41.9 Å². The number of nitrogens with zero attached hydrogens (tertiary/aromatic N) is 1. The van der Waals surface area contributed by atoms with Gasteiger partial charge < -0.3 is 4.98 Å². The maximum absolute atomic E-state index is 5.70. The van der Waals surface area contributed by atoms with Gasteiger partial charge in [0.25, 0.3) is 0 Å². The van der Waals surface area contributed by atoms with Crippen LogP contribution >= 0.6 is 11.6 Å². The average molecular weight is 235 g/mol. The fourth-order valence-electron chi connectivity index (χ4n) is 1.62. The van der Waals surface area contributed by atoms with Crippen LogP contribution in [0.15, 0.2) is 30.5 Å². The van der Waals surface area contributed by atoms with Gasteiger partial charge in [0.2, 0.25) is 0 Å². The van der Waals surface area contributed by atoms with Crippen molar-refractivity contribution in [2.75, 3.05) is 0 Å². The third kappa shape index (κ3) is 2.27. The number of halogens is 1. The van der Waals surface area contributed by atoms with Crippen LogP contribution in [-0.4, -0.2) is 9.97 Å². The first-order valence-electron chi connectivity index (χ1n) is 5.41. The van der Waals surface area contributed by atoms with Crippen molar-refractivity contribution in [2.45, 2.75) is 25.6 Å². The Hall–Kier alpha value is -1.28. The van der Waals surface area contributed by atoms with Crippen LogP contribution in [0.4, 0.5) is 0 Å². The van der Waals surface area contributed by atoms with Gasteiger partial charge in [-0.05, 0) is 17.0 Å². The van der Waals surface area contributed by atoms with E-state index in [0.29, 0.717) is 11.8 Å². The second-order valence-corrected chi connectivity index (χ2v) is 4.42. The number of benzene rings is 1. The molecule has 0 aliphatic carbocycles. The molecule has 0 saturated carbocycles. The number of imidazole rings is 1. The van der Waals surface area contributed by atoms with E-state index in [4.69, 9.17) is 11.6 Å². The molecule has 1 aromatic heterocycles. The van der Waals surface area contributed by atoms with Gasteiger partial charge in [-0.1, -0.05) is 38.1 Å². The summed E-state index contributed by atoms with van der Waals surface area (Å²) >= 11 is 5.70. The Bertz CT molecular complexity index is 457. The molecule has 0 spiro atoms. The van der Waals surface area contributed by atoms with E-state index >= 15 is 0 Å². The number of nitrogens with one attached hydrogen (secondary N) is 1. The van der Waals surface area contributed by atoms with Gasteiger partial charge in [0.15, 0.2) is 0 Å². The number of H-pyrrole nitrogens is 1. The average Bonchev–Trinajstić information content (AvgIpc) is 2.77. The van der Waals surface area contributed by atoms with E-state index in [-0.39, 0.29) is 0 Å². The lowest BCUT2D eigenvalue weighted by molar-refractivity contribution is 0.867. The predicted octanol–water partition coefficient (Wildman–Crippen LogP) is 3.94. The zero-order valence-corrected chi connectivity index (χ0v) is 10.3. The summed E-state index contributed by atoms with van der Waals surface area (Å²) in [5.41, 5.74) is 3.51. The lowest BCUT2D eigenvalue weighted by atomic mass is 10.0. The van der Waals surface area contributed by atoms with Crippen molar-refractivity contribution >= 4 is 11.6 Å². The van der Waals surface area contributed by atoms with Crippen LogP contribution in [0.3, 0.4) is 0 Å². The van der Waals surface area contributed by atoms with Crippen molar-refractivity contribution in [1.82, 2.24) is 9.97 Å². The summed E-state index contributed by atoms with van der Waals surface area (Å²) in [4.78, 5) is 7.37. The Morgan fingerprint density at radius 2 is 1.94 bits per heavy atom. The molecule has 0 aliphatic heterocycles. The Morgan fingerprint density at radius 1 is 1.25 bits per heavy atom.